The number of nitrogens with zero attached hydrogens (tertiary/aromatic N) is 1. The van der Waals surface area contributed by atoms with E-state index < -0.39 is 16.7 Å². The van der Waals surface area contributed by atoms with E-state index in [0.29, 0.717) is 52.0 Å². The Hall–Kier alpha value is -3.04. The number of ether oxygens (including phenoxy) is 3. The highest BCUT2D eigenvalue weighted by Crippen LogP contribution is 2.52. The third-order valence-electron chi connectivity index (χ3n) is 6.04. The van der Waals surface area contributed by atoms with Gasteiger partial charge in [-0.3, -0.25) is 4.79 Å². The van der Waals surface area contributed by atoms with Crippen molar-refractivity contribution in [1.29, 1.82) is 0 Å². The van der Waals surface area contributed by atoms with Crippen molar-refractivity contribution in [2.45, 2.75) is 24.7 Å². The zero-order valence-electron chi connectivity index (χ0n) is 16.6. The number of hydrogen-bond donors (Lipinski definition) is 0. The molecule has 0 saturated carbocycles. The van der Waals surface area contributed by atoms with Gasteiger partial charge in [0.15, 0.2) is 17.1 Å². The largest absolute Gasteiger partial charge is 0.454 e. The maximum Gasteiger partial charge on any atom is 0.425 e. The first-order valence-corrected chi connectivity index (χ1v) is 10.8. The van der Waals surface area contributed by atoms with Gasteiger partial charge in [-0.2, -0.15) is 13.2 Å². The number of carbonyl (C=O) groups excluding carboxylic acids is 1. The highest BCUT2D eigenvalue weighted by atomic mass is 32.1. The van der Waals surface area contributed by atoms with E-state index in [0.717, 1.165) is 17.2 Å². The van der Waals surface area contributed by atoms with E-state index in [1.54, 1.807) is 18.2 Å². The molecule has 0 saturated heterocycles. The molecule has 3 aliphatic heterocycles. The van der Waals surface area contributed by atoms with Crippen molar-refractivity contribution in [3.63, 3.8) is 0 Å². The van der Waals surface area contributed by atoms with Crippen molar-refractivity contribution < 1.29 is 32.2 Å². The highest BCUT2D eigenvalue weighted by molar-refractivity contribution is 7.12. The molecular formula is C23H16F3NO4S. The van der Waals surface area contributed by atoms with Crippen molar-refractivity contribution in [2.24, 2.45) is 0 Å². The van der Waals surface area contributed by atoms with Crippen molar-refractivity contribution in [3.8, 4) is 11.5 Å². The highest BCUT2D eigenvalue weighted by Gasteiger charge is 2.56. The third kappa shape index (κ3) is 2.70. The summed E-state index contributed by atoms with van der Waals surface area (Å²) in [7, 11) is 0. The minimum atomic E-state index is -4.41. The number of hydrogen-bond acceptors (Lipinski definition) is 5. The molecule has 164 valence electrons. The molecule has 4 heterocycles. The summed E-state index contributed by atoms with van der Waals surface area (Å²) in [6, 6.07) is 13.4. The van der Waals surface area contributed by atoms with Crippen LogP contribution in [0.3, 0.4) is 0 Å². The van der Waals surface area contributed by atoms with Crippen LogP contribution >= 0.6 is 11.3 Å². The number of amides is 1. The Morgan fingerprint density at radius 3 is 2.72 bits per heavy atom. The minimum Gasteiger partial charge on any atom is -0.454 e. The Kier molecular flexibility index (Phi) is 4.13. The van der Waals surface area contributed by atoms with Gasteiger partial charge in [0, 0.05) is 16.0 Å². The summed E-state index contributed by atoms with van der Waals surface area (Å²) in [4.78, 5) is 15.2. The van der Waals surface area contributed by atoms with Crippen molar-refractivity contribution in [2.75, 3.05) is 18.3 Å². The van der Waals surface area contributed by atoms with Crippen LogP contribution in [0.5, 0.6) is 11.5 Å². The molecule has 1 atom stereocenters. The van der Waals surface area contributed by atoms with Gasteiger partial charge in [0.2, 0.25) is 6.79 Å². The fourth-order valence-corrected chi connectivity index (χ4v) is 5.54. The van der Waals surface area contributed by atoms with Crippen molar-refractivity contribution >= 4 is 22.9 Å². The van der Waals surface area contributed by atoms with Crippen LogP contribution in [0, 0.1) is 0 Å². The second-order valence-electron chi connectivity index (χ2n) is 7.81. The van der Waals surface area contributed by atoms with Crippen molar-refractivity contribution in [3.05, 3.63) is 75.0 Å². The van der Waals surface area contributed by atoms with Gasteiger partial charge in [-0.1, -0.05) is 18.2 Å². The van der Waals surface area contributed by atoms with Crippen LogP contribution in [0.2, 0.25) is 0 Å². The van der Waals surface area contributed by atoms with Crippen LogP contribution in [0.4, 0.5) is 18.9 Å². The van der Waals surface area contributed by atoms with E-state index in [1.807, 2.05) is 18.2 Å². The van der Waals surface area contributed by atoms with Crippen LogP contribution in [-0.2, 0) is 34.3 Å². The Balaban J connectivity index is 1.47. The van der Waals surface area contributed by atoms with Crippen molar-refractivity contribution in [1.82, 2.24) is 0 Å². The molecule has 2 aromatic carbocycles. The summed E-state index contributed by atoms with van der Waals surface area (Å²) in [5.74, 6) is 0.805. The lowest BCUT2D eigenvalue weighted by atomic mass is 9.82. The Labute approximate surface area is 184 Å². The number of carbonyl (C=O) groups is 1. The number of thiophene rings is 1. The van der Waals surface area contributed by atoms with Gasteiger partial charge in [0.05, 0.1) is 18.8 Å². The molecule has 1 aromatic heterocycles. The van der Waals surface area contributed by atoms with Gasteiger partial charge in [-0.05, 0) is 42.3 Å². The normalized spacial score (nSPS) is 21.2. The maximum atomic E-state index is 13.9. The lowest BCUT2D eigenvalue weighted by molar-refractivity contribution is -0.139. The second kappa shape index (κ2) is 6.73. The molecule has 0 bridgehead atoms. The third-order valence-corrected chi connectivity index (χ3v) is 7.16. The molecule has 0 fully saturated rings. The number of alkyl halides is 3. The van der Waals surface area contributed by atoms with E-state index in [4.69, 9.17) is 14.2 Å². The summed E-state index contributed by atoms with van der Waals surface area (Å²) in [5, 5.41) is 0. The van der Waals surface area contributed by atoms with E-state index >= 15 is 0 Å². The average Bonchev–Trinajstić information content (AvgIpc) is 3.49. The topological polar surface area (TPSA) is 48.0 Å². The Morgan fingerprint density at radius 1 is 1.06 bits per heavy atom. The van der Waals surface area contributed by atoms with Crippen LogP contribution < -0.4 is 14.4 Å². The van der Waals surface area contributed by atoms with E-state index in [9.17, 15) is 18.0 Å². The quantitative estimate of drug-likeness (QED) is 0.562. The van der Waals surface area contributed by atoms with Crippen LogP contribution in [-0.4, -0.2) is 19.3 Å². The van der Waals surface area contributed by atoms with Gasteiger partial charge in [0.1, 0.15) is 4.88 Å². The SMILES string of the molecule is O=C1N(Cc2ccc(C(F)(F)F)s2)c2cccc3c2C1(c1ccc2c(c1)OCO2)OCC3. The van der Waals surface area contributed by atoms with Crippen LogP contribution in [0.15, 0.2) is 48.5 Å². The van der Waals surface area contributed by atoms with Crippen LogP contribution in [0.25, 0.3) is 0 Å². The van der Waals surface area contributed by atoms with Gasteiger partial charge < -0.3 is 19.1 Å². The van der Waals surface area contributed by atoms with E-state index in [2.05, 4.69) is 0 Å². The predicted molar refractivity (Wildman–Crippen MR) is 110 cm³/mol. The fraction of sp³-hybridized carbons (Fsp3) is 0.261. The number of anilines is 1. The van der Waals surface area contributed by atoms with Gasteiger partial charge in [-0.25, -0.2) is 0 Å². The summed E-state index contributed by atoms with van der Waals surface area (Å²) in [5.41, 5.74) is 1.65. The Morgan fingerprint density at radius 2 is 1.91 bits per heavy atom. The molecule has 3 aliphatic rings. The average molecular weight is 459 g/mol. The molecule has 1 unspecified atom stereocenters. The van der Waals surface area contributed by atoms with E-state index in [1.165, 1.54) is 11.0 Å². The second-order valence-corrected chi connectivity index (χ2v) is 8.98. The molecular weight excluding hydrogens is 443 g/mol. The molecule has 0 aliphatic carbocycles. The monoisotopic (exact) mass is 459 g/mol. The number of benzene rings is 2. The molecule has 0 spiro atoms. The zero-order chi connectivity index (χ0) is 22.1. The number of halogens is 3. The molecule has 32 heavy (non-hydrogen) atoms. The number of fused-ring (bicyclic) bond motifs is 1. The van der Waals surface area contributed by atoms with Crippen LogP contribution in [0.1, 0.15) is 26.4 Å². The Bertz CT molecular complexity index is 1250. The molecule has 0 N–H and O–H groups in total. The van der Waals surface area contributed by atoms with Gasteiger partial charge in [0.25, 0.3) is 5.91 Å². The van der Waals surface area contributed by atoms with E-state index in [-0.39, 0.29) is 19.2 Å². The summed E-state index contributed by atoms with van der Waals surface area (Å²) >= 11 is 0.647. The maximum absolute atomic E-state index is 13.9. The summed E-state index contributed by atoms with van der Waals surface area (Å²) < 4.78 is 56.4. The smallest absolute Gasteiger partial charge is 0.425 e. The molecule has 0 radical (unpaired) electrons. The first kappa shape index (κ1) is 19.6. The fourth-order valence-electron chi connectivity index (χ4n) is 4.68. The number of rotatable bonds is 3. The first-order chi connectivity index (χ1) is 15.4. The summed E-state index contributed by atoms with van der Waals surface area (Å²) in [6.07, 6.45) is -3.76. The molecule has 5 nitrogen and oxygen atoms in total. The van der Waals surface area contributed by atoms with Gasteiger partial charge in [-0.15, -0.1) is 11.3 Å². The lowest BCUT2D eigenvalue weighted by Crippen LogP contribution is -2.45. The predicted octanol–water partition coefficient (Wildman–Crippen LogP) is 4.86. The standard InChI is InChI=1S/C23H16F3NO4S/c24-23(25,26)19-7-5-15(32-19)11-27-16-3-1-2-13-8-9-31-22(20(13)16,21(27)28)14-4-6-17-18(10-14)30-12-29-17/h1-7,10H,8-9,11-12H2. The van der Waals surface area contributed by atoms with Gasteiger partial charge >= 0.3 is 6.18 Å². The lowest BCUT2D eigenvalue weighted by Gasteiger charge is -2.34. The molecule has 9 heteroatoms. The molecule has 3 aromatic rings. The summed E-state index contributed by atoms with van der Waals surface area (Å²) in [6.45, 7) is 0.488. The first-order valence-electron chi connectivity index (χ1n) is 10.0. The molecule has 6 rings (SSSR count). The zero-order valence-corrected chi connectivity index (χ0v) is 17.4. The molecule has 1 amide bonds. The minimum absolute atomic E-state index is 0.0334.